The Labute approximate surface area is 191 Å². The third-order valence-electron chi connectivity index (χ3n) is 5.45. The number of benzene rings is 3. The fraction of sp³-hybridized carbons (Fsp3) is 0.200. The Morgan fingerprint density at radius 3 is 2.50 bits per heavy atom. The van der Waals surface area contributed by atoms with Gasteiger partial charge < -0.3 is 19.7 Å². The van der Waals surface area contributed by atoms with Crippen LogP contribution in [0.25, 0.3) is 0 Å². The normalized spacial score (nSPS) is 15.4. The Hall–Kier alpha value is -3.51. The minimum Gasteiger partial charge on any atom is -0.493 e. The lowest BCUT2D eigenvalue weighted by Gasteiger charge is -2.31. The van der Waals surface area contributed by atoms with Crippen molar-refractivity contribution in [2.75, 3.05) is 26.1 Å². The van der Waals surface area contributed by atoms with Crippen LogP contribution in [0.15, 0.2) is 66.7 Å². The molecule has 0 aromatic heterocycles. The maximum Gasteiger partial charge on any atom is 0.244 e. The average Bonchev–Trinajstić information content (AvgIpc) is 2.95. The molecule has 2 amide bonds. The number of carbonyl (C=O) groups is 2. The van der Waals surface area contributed by atoms with Crippen LogP contribution in [0.1, 0.15) is 22.7 Å². The van der Waals surface area contributed by atoms with E-state index < -0.39 is 6.04 Å². The van der Waals surface area contributed by atoms with Crippen molar-refractivity contribution in [2.24, 2.45) is 0 Å². The summed E-state index contributed by atoms with van der Waals surface area (Å²) in [5, 5.41) is 3.44. The van der Waals surface area contributed by atoms with E-state index in [4.69, 9.17) is 21.1 Å². The van der Waals surface area contributed by atoms with Crippen LogP contribution in [0.3, 0.4) is 0 Å². The van der Waals surface area contributed by atoms with Crippen molar-refractivity contribution in [2.45, 2.75) is 12.5 Å². The first kappa shape index (κ1) is 21.7. The molecular weight excluding hydrogens is 428 g/mol. The number of fused-ring (bicyclic) bond motifs is 1. The van der Waals surface area contributed by atoms with Crippen LogP contribution < -0.4 is 14.8 Å². The largest absolute Gasteiger partial charge is 0.493 e. The lowest BCUT2D eigenvalue weighted by atomic mass is 9.95. The van der Waals surface area contributed by atoms with Crippen molar-refractivity contribution in [1.29, 1.82) is 0 Å². The van der Waals surface area contributed by atoms with Crippen LogP contribution in [0.4, 0.5) is 5.69 Å². The minimum atomic E-state index is -0.462. The summed E-state index contributed by atoms with van der Waals surface area (Å²) in [7, 11) is 3.11. The van der Waals surface area contributed by atoms with Crippen molar-refractivity contribution in [1.82, 2.24) is 4.90 Å². The number of hydrogen-bond acceptors (Lipinski definition) is 4. The third kappa shape index (κ3) is 4.41. The Morgan fingerprint density at radius 1 is 1.03 bits per heavy atom. The summed E-state index contributed by atoms with van der Waals surface area (Å²) in [6.45, 7) is -0.0714. The molecule has 6 nitrogen and oxygen atoms in total. The van der Waals surface area contributed by atoms with Gasteiger partial charge in [-0.1, -0.05) is 48.0 Å². The lowest BCUT2D eigenvalue weighted by molar-refractivity contribution is -0.135. The lowest BCUT2D eigenvalue weighted by Crippen LogP contribution is -2.39. The van der Waals surface area contributed by atoms with E-state index in [2.05, 4.69) is 5.32 Å². The molecule has 0 aliphatic carbocycles. The fourth-order valence-electron chi connectivity index (χ4n) is 3.97. The SMILES string of the molecule is COc1ccc(CC(=O)N2CC(=O)Nc3ccc(Cl)cc3[C@H]2c2ccccc2)cc1OC. The van der Waals surface area contributed by atoms with Crippen LogP contribution in [-0.2, 0) is 16.0 Å². The van der Waals surface area contributed by atoms with Crippen LogP contribution in [0, 0.1) is 0 Å². The Kier molecular flexibility index (Phi) is 6.32. The first-order valence-corrected chi connectivity index (χ1v) is 10.5. The summed E-state index contributed by atoms with van der Waals surface area (Å²) >= 11 is 6.30. The van der Waals surface area contributed by atoms with Crippen molar-refractivity contribution in [3.8, 4) is 11.5 Å². The van der Waals surface area contributed by atoms with Crippen LogP contribution in [0.5, 0.6) is 11.5 Å². The molecule has 1 aliphatic heterocycles. The van der Waals surface area contributed by atoms with Crippen molar-refractivity contribution < 1.29 is 19.1 Å². The second-order valence-corrected chi connectivity index (χ2v) is 7.92. The quantitative estimate of drug-likeness (QED) is 0.622. The van der Waals surface area contributed by atoms with E-state index in [-0.39, 0.29) is 24.8 Å². The predicted octanol–water partition coefficient (Wildman–Crippen LogP) is 4.47. The van der Waals surface area contributed by atoms with Gasteiger partial charge in [0.1, 0.15) is 6.54 Å². The van der Waals surface area contributed by atoms with E-state index in [1.165, 1.54) is 0 Å². The highest BCUT2D eigenvalue weighted by atomic mass is 35.5. The van der Waals surface area contributed by atoms with Gasteiger partial charge >= 0.3 is 0 Å². The molecule has 4 rings (SSSR count). The fourth-order valence-corrected chi connectivity index (χ4v) is 4.15. The molecule has 0 saturated heterocycles. The monoisotopic (exact) mass is 450 g/mol. The smallest absolute Gasteiger partial charge is 0.244 e. The zero-order chi connectivity index (χ0) is 22.7. The molecule has 0 radical (unpaired) electrons. The topological polar surface area (TPSA) is 67.9 Å². The summed E-state index contributed by atoms with van der Waals surface area (Å²) in [6, 6.07) is 19.8. The van der Waals surface area contributed by atoms with Crippen molar-refractivity contribution in [3.05, 3.63) is 88.4 Å². The van der Waals surface area contributed by atoms with Gasteiger partial charge in [-0.15, -0.1) is 0 Å². The van der Waals surface area contributed by atoms with Gasteiger partial charge in [-0.2, -0.15) is 0 Å². The van der Waals surface area contributed by atoms with Crippen LogP contribution in [0.2, 0.25) is 5.02 Å². The van der Waals surface area contributed by atoms with Gasteiger partial charge in [-0.25, -0.2) is 0 Å². The Morgan fingerprint density at radius 2 is 1.78 bits per heavy atom. The van der Waals surface area contributed by atoms with Gasteiger partial charge in [0, 0.05) is 16.3 Å². The molecule has 1 N–H and O–H groups in total. The number of anilines is 1. The number of carbonyl (C=O) groups excluding carboxylic acids is 2. The zero-order valence-electron chi connectivity index (χ0n) is 17.8. The molecule has 32 heavy (non-hydrogen) atoms. The number of amides is 2. The van der Waals surface area contributed by atoms with Gasteiger partial charge in [0.15, 0.2) is 11.5 Å². The van der Waals surface area contributed by atoms with Gasteiger partial charge in [0.25, 0.3) is 0 Å². The highest BCUT2D eigenvalue weighted by Gasteiger charge is 2.33. The molecule has 0 spiro atoms. The number of halogens is 1. The van der Waals surface area contributed by atoms with E-state index >= 15 is 0 Å². The summed E-state index contributed by atoms with van der Waals surface area (Å²) in [4.78, 5) is 27.8. The molecule has 3 aromatic rings. The Bertz CT molecular complexity index is 1150. The molecule has 164 valence electrons. The standard InChI is InChI=1S/C25H23ClN2O4/c1-31-21-11-8-16(12-22(21)32-2)13-24(30)28-15-23(29)27-20-10-9-18(26)14-19(20)25(28)17-6-4-3-5-7-17/h3-12,14,25H,13,15H2,1-2H3,(H,27,29)/t25-/m1/s1. The molecule has 0 bridgehead atoms. The molecule has 0 fully saturated rings. The molecule has 0 saturated carbocycles. The van der Waals surface area contributed by atoms with Gasteiger partial charge in [-0.05, 0) is 41.5 Å². The van der Waals surface area contributed by atoms with E-state index in [1.54, 1.807) is 49.5 Å². The summed E-state index contributed by atoms with van der Waals surface area (Å²) in [5.41, 5.74) is 3.08. The minimum absolute atomic E-state index is 0.0714. The summed E-state index contributed by atoms with van der Waals surface area (Å²) in [5.74, 6) is 0.688. The average molecular weight is 451 g/mol. The van der Waals surface area contributed by atoms with Crippen molar-refractivity contribution in [3.63, 3.8) is 0 Å². The number of ether oxygens (including phenoxy) is 2. The number of nitrogens with one attached hydrogen (secondary N) is 1. The predicted molar refractivity (Wildman–Crippen MR) is 123 cm³/mol. The highest BCUT2D eigenvalue weighted by Crippen LogP contribution is 2.37. The summed E-state index contributed by atoms with van der Waals surface area (Å²) < 4.78 is 10.6. The molecular formula is C25H23ClN2O4. The van der Waals surface area contributed by atoms with Crippen molar-refractivity contribution >= 4 is 29.1 Å². The van der Waals surface area contributed by atoms with Crippen LogP contribution >= 0.6 is 11.6 Å². The van der Waals surface area contributed by atoms with E-state index in [0.29, 0.717) is 22.2 Å². The number of methoxy groups -OCH3 is 2. The highest BCUT2D eigenvalue weighted by molar-refractivity contribution is 6.30. The van der Waals surface area contributed by atoms with Gasteiger partial charge in [-0.3, -0.25) is 9.59 Å². The van der Waals surface area contributed by atoms with E-state index in [9.17, 15) is 9.59 Å². The third-order valence-corrected chi connectivity index (χ3v) is 5.68. The number of hydrogen-bond donors (Lipinski definition) is 1. The Balaban J connectivity index is 1.75. The molecule has 1 aliphatic rings. The van der Waals surface area contributed by atoms with E-state index in [0.717, 1.165) is 16.7 Å². The van der Waals surface area contributed by atoms with Crippen LogP contribution in [-0.4, -0.2) is 37.5 Å². The maximum absolute atomic E-state index is 13.5. The molecule has 3 aromatic carbocycles. The first-order valence-electron chi connectivity index (χ1n) is 10.1. The number of nitrogens with zero attached hydrogens (tertiary/aromatic N) is 1. The second kappa shape index (κ2) is 9.32. The molecule has 1 heterocycles. The summed E-state index contributed by atoms with van der Waals surface area (Å²) in [6.07, 6.45) is 0.104. The maximum atomic E-state index is 13.5. The first-order chi connectivity index (χ1) is 15.5. The molecule has 1 atom stereocenters. The second-order valence-electron chi connectivity index (χ2n) is 7.48. The van der Waals surface area contributed by atoms with Gasteiger partial charge in [0.2, 0.25) is 11.8 Å². The zero-order valence-corrected chi connectivity index (χ0v) is 18.6. The number of rotatable bonds is 5. The molecule has 7 heteroatoms. The van der Waals surface area contributed by atoms with Gasteiger partial charge in [0.05, 0.1) is 26.7 Å². The molecule has 0 unspecified atom stereocenters. The van der Waals surface area contributed by atoms with E-state index in [1.807, 2.05) is 36.4 Å².